The summed E-state index contributed by atoms with van der Waals surface area (Å²) >= 11 is 0. The fourth-order valence-electron chi connectivity index (χ4n) is 4.14. The highest BCUT2D eigenvalue weighted by atomic mass is 16.5. The lowest BCUT2D eigenvalue weighted by Gasteiger charge is -2.25. The van der Waals surface area contributed by atoms with Crippen LogP contribution in [0.15, 0.2) is 72.8 Å². The highest BCUT2D eigenvalue weighted by Gasteiger charge is 2.45. The van der Waals surface area contributed by atoms with Crippen LogP contribution in [0.25, 0.3) is 5.76 Å². The van der Waals surface area contributed by atoms with E-state index >= 15 is 0 Å². The van der Waals surface area contributed by atoms with Crippen molar-refractivity contribution in [1.29, 1.82) is 0 Å². The zero-order valence-corrected chi connectivity index (χ0v) is 19.2. The second-order valence-electron chi connectivity index (χ2n) is 7.88. The SMILES string of the molecule is CCOc1ccc([C@@H]2/C(=C(\O)c3cccc(OC)c3)C(=O)C(=O)N2CCCn2ccnc2)cc1. The van der Waals surface area contributed by atoms with Crippen molar-refractivity contribution >= 4 is 17.4 Å². The maximum Gasteiger partial charge on any atom is 0.295 e. The smallest absolute Gasteiger partial charge is 0.295 e. The maximum absolute atomic E-state index is 13.1. The Morgan fingerprint density at radius 1 is 1.09 bits per heavy atom. The van der Waals surface area contributed by atoms with E-state index in [9.17, 15) is 14.7 Å². The number of aliphatic hydroxyl groups excluding tert-OH is 1. The molecule has 1 aliphatic heterocycles. The van der Waals surface area contributed by atoms with Crippen LogP contribution in [0.4, 0.5) is 0 Å². The molecule has 2 aromatic carbocycles. The van der Waals surface area contributed by atoms with Crippen molar-refractivity contribution in [3.63, 3.8) is 0 Å². The van der Waals surface area contributed by atoms with Crippen LogP contribution >= 0.6 is 0 Å². The molecule has 1 amide bonds. The van der Waals surface area contributed by atoms with Gasteiger partial charge in [-0.25, -0.2) is 4.98 Å². The molecule has 1 N–H and O–H groups in total. The largest absolute Gasteiger partial charge is 0.507 e. The molecule has 0 spiro atoms. The van der Waals surface area contributed by atoms with Gasteiger partial charge in [0.2, 0.25) is 0 Å². The zero-order chi connectivity index (χ0) is 24.1. The van der Waals surface area contributed by atoms with Crippen LogP contribution in [0.1, 0.15) is 30.5 Å². The number of rotatable bonds is 9. The molecule has 8 heteroatoms. The number of amides is 1. The van der Waals surface area contributed by atoms with E-state index in [0.717, 1.165) is 5.56 Å². The molecule has 1 fully saturated rings. The zero-order valence-electron chi connectivity index (χ0n) is 19.2. The van der Waals surface area contributed by atoms with E-state index in [2.05, 4.69) is 4.98 Å². The van der Waals surface area contributed by atoms with Crippen molar-refractivity contribution in [1.82, 2.24) is 14.5 Å². The van der Waals surface area contributed by atoms with Gasteiger partial charge in [0, 0.05) is 31.0 Å². The van der Waals surface area contributed by atoms with E-state index < -0.39 is 17.7 Å². The summed E-state index contributed by atoms with van der Waals surface area (Å²) in [6.07, 6.45) is 5.87. The molecule has 3 aromatic rings. The topological polar surface area (TPSA) is 93.9 Å². The number of aliphatic hydroxyl groups is 1. The first-order chi connectivity index (χ1) is 16.5. The third kappa shape index (κ3) is 4.66. The Labute approximate surface area is 198 Å². The Morgan fingerprint density at radius 3 is 2.56 bits per heavy atom. The van der Waals surface area contributed by atoms with Gasteiger partial charge in [-0.1, -0.05) is 24.3 Å². The number of hydrogen-bond donors (Lipinski definition) is 1. The summed E-state index contributed by atoms with van der Waals surface area (Å²) < 4.78 is 12.7. The number of benzene rings is 2. The standard InChI is InChI=1S/C26H27N3O5/c1-3-34-20-10-8-18(9-11-20)23-22(24(30)19-6-4-7-21(16-19)33-2)25(31)26(32)29(23)14-5-13-28-15-12-27-17-28/h4,6-12,15-17,23,30H,3,5,13-14H2,1-2H3/b24-22+/t23-/m1/s1. The van der Waals surface area contributed by atoms with E-state index in [1.165, 1.54) is 12.0 Å². The molecular weight excluding hydrogens is 434 g/mol. The van der Waals surface area contributed by atoms with Crippen molar-refractivity contribution in [2.24, 2.45) is 0 Å². The second-order valence-corrected chi connectivity index (χ2v) is 7.88. The van der Waals surface area contributed by atoms with Gasteiger partial charge in [-0.15, -0.1) is 0 Å². The number of carbonyl (C=O) groups excluding carboxylic acids is 2. The van der Waals surface area contributed by atoms with E-state index in [0.29, 0.717) is 43.2 Å². The van der Waals surface area contributed by atoms with Crippen molar-refractivity contribution in [3.8, 4) is 11.5 Å². The van der Waals surface area contributed by atoms with Gasteiger partial charge in [-0.2, -0.15) is 0 Å². The molecule has 1 aliphatic rings. The fourth-order valence-corrected chi connectivity index (χ4v) is 4.14. The van der Waals surface area contributed by atoms with Gasteiger partial charge in [0.15, 0.2) is 0 Å². The first-order valence-electron chi connectivity index (χ1n) is 11.1. The molecule has 1 atom stereocenters. The predicted molar refractivity (Wildman–Crippen MR) is 126 cm³/mol. The summed E-state index contributed by atoms with van der Waals surface area (Å²) in [5.74, 6) is -0.337. The normalized spacial score (nSPS) is 17.2. The molecule has 0 bridgehead atoms. The van der Waals surface area contributed by atoms with Crippen molar-refractivity contribution in [2.45, 2.75) is 25.9 Å². The molecule has 0 saturated carbocycles. The Bertz CT molecular complexity index is 1190. The van der Waals surface area contributed by atoms with Crippen molar-refractivity contribution < 1.29 is 24.2 Å². The minimum Gasteiger partial charge on any atom is -0.507 e. The first-order valence-corrected chi connectivity index (χ1v) is 11.1. The van der Waals surface area contributed by atoms with Gasteiger partial charge >= 0.3 is 0 Å². The predicted octanol–water partition coefficient (Wildman–Crippen LogP) is 3.80. The van der Waals surface area contributed by atoms with Crippen molar-refractivity contribution in [2.75, 3.05) is 20.3 Å². The fraction of sp³-hybridized carbons (Fsp3) is 0.269. The van der Waals surface area contributed by atoms with Gasteiger partial charge in [-0.3, -0.25) is 9.59 Å². The number of aromatic nitrogens is 2. The maximum atomic E-state index is 13.1. The lowest BCUT2D eigenvalue weighted by molar-refractivity contribution is -0.139. The summed E-state index contributed by atoms with van der Waals surface area (Å²) in [4.78, 5) is 31.8. The number of Topliss-reactive ketones (excluding diaryl/α,β-unsaturated/α-hetero) is 1. The van der Waals surface area contributed by atoms with Gasteiger partial charge in [-0.05, 0) is 43.2 Å². The lowest BCUT2D eigenvalue weighted by atomic mass is 9.95. The molecule has 176 valence electrons. The van der Waals surface area contributed by atoms with Gasteiger partial charge in [0.05, 0.1) is 31.7 Å². The number of nitrogens with zero attached hydrogens (tertiary/aromatic N) is 3. The average molecular weight is 462 g/mol. The summed E-state index contributed by atoms with van der Waals surface area (Å²) in [6, 6.07) is 13.3. The van der Waals surface area contributed by atoms with Crippen LogP contribution < -0.4 is 9.47 Å². The molecule has 0 radical (unpaired) electrons. The number of hydrogen-bond acceptors (Lipinski definition) is 6. The van der Waals surface area contributed by atoms with Crippen LogP contribution in [0.5, 0.6) is 11.5 Å². The number of ether oxygens (including phenoxy) is 2. The average Bonchev–Trinajstić information content (AvgIpc) is 3.47. The van der Waals surface area contributed by atoms with Gasteiger partial charge in [0.25, 0.3) is 11.7 Å². The molecule has 34 heavy (non-hydrogen) atoms. The Balaban J connectivity index is 1.73. The molecule has 4 rings (SSSR count). The summed E-state index contributed by atoms with van der Waals surface area (Å²) in [7, 11) is 1.53. The molecule has 0 unspecified atom stereocenters. The molecule has 0 aliphatic carbocycles. The second kappa shape index (κ2) is 10.2. The minimum absolute atomic E-state index is 0.0602. The number of methoxy groups -OCH3 is 1. The highest BCUT2D eigenvalue weighted by molar-refractivity contribution is 6.46. The van der Waals surface area contributed by atoms with E-state index in [-0.39, 0.29) is 11.3 Å². The minimum atomic E-state index is -0.718. The molecule has 1 saturated heterocycles. The summed E-state index contributed by atoms with van der Waals surface area (Å²) in [5.41, 5.74) is 1.19. The number of imidazole rings is 1. The van der Waals surface area contributed by atoms with Crippen LogP contribution in [0.2, 0.25) is 0 Å². The summed E-state index contributed by atoms with van der Waals surface area (Å²) in [5, 5.41) is 11.2. The number of aryl methyl sites for hydroxylation is 1. The van der Waals surface area contributed by atoms with Gasteiger partial charge in [0.1, 0.15) is 17.3 Å². The number of carbonyl (C=O) groups is 2. The van der Waals surface area contributed by atoms with Crippen molar-refractivity contribution in [3.05, 3.63) is 84.0 Å². The molecule has 8 nitrogen and oxygen atoms in total. The van der Waals surface area contributed by atoms with E-state index in [1.807, 2.05) is 29.8 Å². The first kappa shape index (κ1) is 23.1. The van der Waals surface area contributed by atoms with Crippen LogP contribution in [-0.2, 0) is 16.1 Å². The highest BCUT2D eigenvalue weighted by Crippen LogP contribution is 2.40. The number of ketones is 1. The van der Waals surface area contributed by atoms with Crippen LogP contribution in [0.3, 0.4) is 0 Å². The molecular formula is C26H27N3O5. The molecule has 1 aromatic heterocycles. The number of likely N-dealkylation sites (tertiary alicyclic amines) is 1. The lowest BCUT2D eigenvalue weighted by Crippen LogP contribution is -2.31. The Hall–Kier alpha value is -4.07. The quantitative estimate of drug-likeness (QED) is 0.296. The van der Waals surface area contributed by atoms with E-state index in [1.54, 1.807) is 48.9 Å². The Kier molecular flexibility index (Phi) is 6.96. The van der Waals surface area contributed by atoms with Crippen LogP contribution in [-0.4, -0.2) is 51.5 Å². The summed E-state index contributed by atoms with van der Waals surface area (Å²) in [6.45, 7) is 3.42. The van der Waals surface area contributed by atoms with E-state index in [4.69, 9.17) is 9.47 Å². The molecule has 2 heterocycles. The van der Waals surface area contributed by atoms with Crippen LogP contribution in [0, 0.1) is 0 Å². The third-order valence-corrected chi connectivity index (χ3v) is 5.76. The third-order valence-electron chi connectivity index (χ3n) is 5.76. The Morgan fingerprint density at radius 2 is 1.88 bits per heavy atom. The monoisotopic (exact) mass is 461 g/mol. The van der Waals surface area contributed by atoms with Gasteiger partial charge < -0.3 is 24.0 Å².